The number of nitrogens with one attached hydrogen (secondary N) is 2. The molecule has 31 heavy (non-hydrogen) atoms. The number of aromatic nitrogens is 6. The molecule has 158 valence electrons. The van der Waals surface area contributed by atoms with Gasteiger partial charge in [-0.25, -0.2) is 9.79 Å². The summed E-state index contributed by atoms with van der Waals surface area (Å²) in [5.74, 6) is 0.744. The number of imidazole rings is 1. The van der Waals surface area contributed by atoms with Gasteiger partial charge in [0.25, 0.3) is 5.62 Å². The number of aromatic hydroxyl groups is 1. The normalized spacial score (nSPS) is 15.0. The van der Waals surface area contributed by atoms with Crippen LogP contribution in [0.2, 0.25) is 0 Å². The minimum Gasteiger partial charge on any atom is -0.493 e. The number of ether oxygens (including phenoxy) is 2. The Morgan fingerprint density at radius 1 is 1.26 bits per heavy atom. The highest BCUT2D eigenvalue weighted by molar-refractivity contribution is 5.56. The third-order valence-corrected chi connectivity index (χ3v) is 4.76. The molecule has 4 aromatic rings. The van der Waals surface area contributed by atoms with Crippen LogP contribution < -0.4 is 26.0 Å². The fourth-order valence-corrected chi connectivity index (χ4v) is 3.06. The van der Waals surface area contributed by atoms with Gasteiger partial charge in [0, 0.05) is 5.22 Å². The number of aromatic amines is 2. The third kappa shape index (κ3) is 3.72. The van der Waals surface area contributed by atoms with Crippen molar-refractivity contribution in [2.45, 2.75) is 25.8 Å². The van der Waals surface area contributed by atoms with Crippen LogP contribution in [0.3, 0.4) is 0 Å². The molecular weight excluding hydrogens is 402 g/mol. The molecule has 11 nitrogen and oxygen atoms in total. The SMILES string of the molecule is COc1cc(C)ccc1Oc1nc(=NC2CC2)n2nc/c(=C/c3[nH]c(=O)[nH]c3O)c2n1. The van der Waals surface area contributed by atoms with Gasteiger partial charge in [-0.05, 0) is 43.5 Å². The van der Waals surface area contributed by atoms with E-state index >= 15 is 0 Å². The molecule has 1 saturated carbocycles. The zero-order valence-electron chi connectivity index (χ0n) is 16.8. The highest BCUT2D eigenvalue weighted by Gasteiger charge is 2.21. The van der Waals surface area contributed by atoms with Crippen LogP contribution in [0.1, 0.15) is 24.1 Å². The number of hydrogen-bond acceptors (Lipinski definition) is 8. The molecule has 0 saturated heterocycles. The van der Waals surface area contributed by atoms with Gasteiger partial charge in [-0.2, -0.15) is 19.6 Å². The van der Waals surface area contributed by atoms with Crippen molar-refractivity contribution in [2.75, 3.05) is 7.11 Å². The Bertz CT molecular complexity index is 1460. The van der Waals surface area contributed by atoms with Crippen molar-refractivity contribution in [1.82, 2.24) is 29.5 Å². The number of benzene rings is 1. The summed E-state index contributed by atoms with van der Waals surface area (Å²) >= 11 is 0. The molecule has 5 rings (SSSR count). The summed E-state index contributed by atoms with van der Waals surface area (Å²) < 4.78 is 12.8. The van der Waals surface area contributed by atoms with Gasteiger partial charge in [-0.1, -0.05) is 6.07 Å². The van der Waals surface area contributed by atoms with Gasteiger partial charge in [0.1, 0.15) is 5.69 Å². The standard InChI is InChI=1S/C20H19N7O4/c1-10-3-6-14(15(7-10)30-2)31-20-24-16-11(8-13-17(28)25-19(29)23-13)9-21-27(16)18(26-20)22-12-4-5-12/h3,6-9,12,28H,4-5H2,1-2H3,(H2,23,25,29)/b11-8-,22-18?. The molecule has 0 amide bonds. The Labute approximate surface area is 174 Å². The number of hydrogen-bond donors (Lipinski definition) is 3. The van der Waals surface area contributed by atoms with Crippen LogP contribution in [0.15, 0.2) is 34.2 Å². The largest absolute Gasteiger partial charge is 0.493 e. The van der Waals surface area contributed by atoms with Gasteiger partial charge < -0.3 is 19.6 Å². The summed E-state index contributed by atoms with van der Waals surface area (Å²) in [7, 11) is 1.56. The first kappa shape index (κ1) is 18.9. The molecule has 0 spiro atoms. The van der Waals surface area contributed by atoms with E-state index in [1.807, 2.05) is 19.1 Å². The topological polar surface area (TPSA) is 143 Å². The minimum absolute atomic E-state index is 0.0796. The van der Waals surface area contributed by atoms with Gasteiger partial charge in [0.2, 0.25) is 5.88 Å². The molecular formula is C20H19N7O4. The fourth-order valence-electron chi connectivity index (χ4n) is 3.06. The lowest BCUT2D eigenvalue weighted by Gasteiger charge is -2.09. The molecule has 0 radical (unpaired) electrons. The van der Waals surface area contributed by atoms with Crippen molar-refractivity contribution in [1.29, 1.82) is 0 Å². The van der Waals surface area contributed by atoms with Gasteiger partial charge in [0.15, 0.2) is 17.1 Å². The second-order valence-electron chi connectivity index (χ2n) is 7.24. The van der Waals surface area contributed by atoms with Crippen LogP contribution >= 0.6 is 0 Å². The second-order valence-corrected chi connectivity index (χ2v) is 7.24. The van der Waals surface area contributed by atoms with E-state index in [1.165, 1.54) is 4.52 Å². The smallest absolute Gasteiger partial charge is 0.327 e. The van der Waals surface area contributed by atoms with E-state index in [0.29, 0.717) is 28.0 Å². The predicted molar refractivity (Wildman–Crippen MR) is 109 cm³/mol. The zero-order valence-corrected chi connectivity index (χ0v) is 16.8. The minimum atomic E-state index is -0.519. The van der Waals surface area contributed by atoms with Crippen molar-refractivity contribution in [3.05, 3.63) is 57.0 Å². The maximum atomic E-state index is 11.4. The fraction of sp³-hybridized carbons (Fsp3) is 0.250. The third-order valence-electron chi connectivity index (χ3n) is 4.76. The van der Waals surface area contributed by atoms with Crippen molar-refractivity contribution in [2.24, 2.45) is 4.99 Å². The lowest BCUT2D eigenvalue weighted by atomic mass is 10.2. The summed E-state index contributed by atoms with van der Waals surface area (Å²) in [6, 6.07) is 5.81. The Morgan fingerprint density at radius 2 is 2.10 bits per heavy atom. The summed E-state index contributed by atoms with van der Waals surface area (Å²) in [5, 5.41) is 14.7. The predicted octanol–water partition coefficient (Wildman–Crippen LogP) is 0.566. The Balaban J connectivity index is 1.68. The summed E-state index contributed by atoms with van der Waals surface area (Å²) in [4.78, 5) is 29.8. The first-order valence-electron chi connectivity index (χ1n) is 9.65. The van der Waals surface area contributed by atoms with E-state index in [2.05, 4.69) is 30.0 Å². The van der Waals surface area contributed by atoms with Crippen LogP contribution in [0.5, 0.6) is 23.4 Å². The maximum Gasteiger partial charge on any atom is 0.327 e. The van der Waals surface area contributed by atoms with Crippen molar-refractivity contribution < 1.29 is 14.6 Å². The Hall–Kier alpha value is -4.15. The quantitative estimate of drug-likeness (QED) is 0.427. The number of methoxy groups -OCH3 is 1. The molecule has 1 aliphatic carbocycles. The molecule has 0 unspecified atom stereocenters. The molecule has 1 aromatic carbocycles. The van der Waals surface area contributed by atoms with Crippen LogP contribution in [0, 0.1) is 6.92 Å². The summed E-state index contributed by atoms with van der Waals surface area (Å²) in [6.45, 7) is 1.95. The van der Waals surface area contributed by atoms with Crippen LogP contribution in [-0.4, -0.2) is 47.8 Å². The van der Waals surface area contributed by atoms with E-state index in [-0.39, 0.29) is 23.6 Å². The Morgan fingerprint density at radius 3 is 2.81 bits per heavy atom. The molecule has 3 heterocycles. The average Bonchev–Trinajstić information content (AvgIpc) is 3.38. The van der Waals surface area contributed by atoms with E-state index in [0.717, 1.165) is 18.4 Å². The molecule has 11 heteroatoms. The van der Waals surface area contributed by atoms with Crippen molar-refractivity contribution in [3.63, 3.8) is 0 Å². The molecule has 3 aromatic heterocycles. The van der Waals surface area contributed by atoms with Gasteiger partial charge >= 0.3 is 11.7 Å². The number of H-pyrrole nitrogens is 2. The zero-order chi connectivity index (χ0) is 21.5. The Kier molecular flexibility index (Phi) is 4.42. The molecule has 0 aliphatic heterocycles. The summed E-state index contributed by atoms with van der Waals surface area (Å²) in [5.41, 5.74) is 1.49. The lowest BCUT2D eigenvalue weighted by molar-refractivity contribution is 0.366. The monoisotopic (exact) mass is 421 g/mol. The number of fused-ring (bicyclic) bond motifs is 1. The van der Waals surface area contributed by atoms with E-state index in [9.17, 15) is 9.90 Å². The molecule has 3 N–H and O–H groups in total. The highest BCUT2D eigenvalue weighted by atomic mass is 16.5. The molecule has 0 atom stereocenters. The first-order valence-corrected chi connectivity index (χ1v) is 9.65. The maximum absolute atomic E-state index is 11.4. The summed E-state index contributed by atoms with van der Waals surface area (Å²) in [6.07, 6.45) is 5.09. The van der Waals surface area contributed by atoms with Gasteiger partial charge in [-0.15, -0.1) is 0 Å². The van der Waals surface area contributed by atoms with Gasteiger partial charge in [0.05, 0.1) is 19.3 Å². The van der Waals surface area contributed by atoms with E-state index in [1.54, 1.807) is 25.4 Å². The van der Waals surface area contributed by atoms with E-state index < -0.39 is 5.69 Å². The number of aryl methyl sites for hydroxylation is 1. The molecule has 1 aliphatic rings. The van der Waals surface area contributed by atoms with Crippen LogP contribution in [0.4, 0.5) is 0 Å². The van der Waals surface area contributed by atoms with Gasteiger partial charge in [-0.3, -0.25) is 4.98 Å². The average molecular weight is 421 g/mol. The number of rotatable bonds is 5. The van der Waals surface area contributed by atoms with Crippen molar-refractivity contribution >= 4 is 11.7 Å². The molecule has 0 bridgehead atoms. The second kappa shape index (κ2) is 7.27. The first-order chi connectivity index (χ1) is 15.0. The number of nitrogens with zero attached hydrogens (tertiary/aromatic N) is 5. The van der Waals surface area contributed by atoms with Crippen LogP contribution in [-0.2, 0) is 0 Å². The van der Waals surface area contributed by atoms with Crippen LogP contribution in [0.25, 0.3) is 11.7 Å². The highest BCUT2D eigenvalue weighted by Crippen LogP contribution is 2.30. The van der Waals surface area contributed by atoms with Crippen molar-refractivity contribution in [3.8, 4) is 23.4 Å². The van der Waals surface area contributed by atoms with E-state index in [4.69, 9.17) is 9.47 Å². The lowest BCUT2D eigenvalue weighted by Crippen LogP contribution is -2.23. The molecule has 1 fully saturated rings.